The molecule has 72 valence electrons. The second-order valence-electron chi connectivity index (χ2n) is 2.91. The van der Waals surface area contributed by atoms with Gasteiger partial charge in [0.25, 0.3) is 0 Å². The molecule has 0 fully saturated rings. The first-order chi connectivity index (χ1) is 6.77. The summed E-state index contributed by atoms with van der Waals surface area (Å²) >= 11 is 5.00. The fourth-order valence-corrected chi connectivity index (χ4v) is 3.10. The zero-order valence-electron chi connectivity index (χ0n) is 7.29. The average molecular weight is 270 g/mol. The Morgan fingerprint density at radius 3 is 2.93 bits per heavy atom. The van der Waals surface area contributed by atoms with Gasteiger partial charge in [-0.2, -0.15) is 0 Å². The molecule has 2 rings (SSSR count). The summed E-state index contributed by atoms with van der Waals surface area (Å²) in [5, 5.41) is 1.62. The van der Waals surface area contributed by atoms with Crippen LogP contribution >= 0.6 is 27.3 Å². The Morgan fingerprint density at radius 2 is 2.29 bits per heavy atom. The van der Waals surface area contributed by atoms with Crippen LogP contribution in [0, 0.1) is 0 Å². The minimum atomic E-state index is 0.670. The molecule has 0 saturated heterocycles. The molecule has 0 radical (unpaired) electrons. The van der Waals surface area contributed by atoms with Crippen LogP contribution in [0.4, 0.5) is 5.69 Å². The van der Waals surface area contributed by atoms with Crippen molar-refractivity contribution in [2.24, 2.45) is 0 Å². The van der Waals surface area contributed by atoms with Crippen LogP contribution in [0.25, 0.3) is 10.1 Å². The molecule has 0 bridgehead atoms. The zero-order chi connectivity index (χ0) is 10.1. The second kappa shape index (κ2) is 3.71. The van der Waals surface area contributed by atoms with Gasteiger partial charge in [-0.25, -0.2) is 0 Å². The normalized spacial score (nSPS) is 10.6. The molecule has 1 heterocycles. The number of halogens is 1. The third kappa shape index (κ3) is 1.35. The van der Waals surface area contributed by atoms with Gasteiger partial charge in [0.1, 0.15) is 0 Å². The molecule has 14 heavy (non-hydrogen) atoms. The van der Waals surface area contributed by atoms with E-state index in [1.165, 1.54) is 0 Å². The van der Waals surface area contributed by atoms with E-state index in [0.717, 1.165) is 32.3 Å². The van der Waals surface area contributed by atoms with Gasteiger partial charge in [-0.3, -0.25) is 4.79 Å². The Bertz CT molecular complexity index is 492. The van der Waals surface area contributed by atoms with E-state index in [-0.39, 0.29) is 0 Å². The van der Waals surface area contributed by atoms with Crippen molar-refractivity contribution >= 4 is 49.3 Å². The predicted octanol–water partition coefficient (Wildman–Crippen LogP) is 3.19. The predicted molar refractivity (Wildman–Crippen MR) is 64.3 cm³/mol. The number of thiophene rings is 1. The molecule has 2 N–H and O–H groups in total. The second-order valence-corrected chi connectivity index (χ2v) is 4.61. The largest absolute Gasteiger partial charge is 0.397 e. The molecule has 0 aliphatic heterocycles. The number of carbonyl (C=O) groups is 1. The fraction of sp³-hybridized carbons (Fsp3) is 0.100. The first kappa shape index (κ1) is 9.68. The minimum Gasteiger partial charge on any atom is -0.397 e. The van der Waals surface area contributed by atoms with Crippen molar-refractivity contribution in [1.29, 1.82) is 0 Å². The number of alkyl halides is 1. The fourth-order valence-electron chi connectivity index (χ4n) is 1.45. The third-order valence-corrected chi connectivity index (χ3v) is 4.21. The highest BCUT2D eigenvalue weighted by molar-refractivity contribution is 9.08. The Balaban J connectivity index is 2.85. The lowest BCUT2D eigenvalue weighted by Gasteiger charge is -1.96. The number of nitrogen functional groups attached to an aromatic ring is 1. The number of anilines is 1. The quantitative estimate of drug-likeness (QED) is 0.672. The Labute approximate surface area is 93.9 Å². The summed E-state index contributed by atoms with van der Waals surface area (Å²) in [4.78, 5) is 11.9. The highest BCUT2D eigenvalue weighted by Crippen LogP contribution is 2.36. The van der Waals surface area contributed by atoms with Crippen molar-refractivity contribution in [2.75, 3.05) is 5.73 Å². The molecule has 0 saturated carbocycles. The summed E-state index contributed by atoms with van der Waals surface area (Å²) in [7, 11) is 0. The van der Waals surface area contributed by atoms with Gasteiger partial charge in [-0.15, -0.1) is 11.3 Å². The number of hydrogen-bond donors (Lipinski definition) is 1. The molecule has 0 amide bonds. The van der Waals surface area contributed by atoms with Crippen LogP contribution in [0.1, 0.15) is 15.2 Å². The molecule has 0 atom stereocenters. The van der Waals surface area contributed by atoms with Crippen LogP contribution in [0.2, 0.25) is 0 Å². The van der Waals surface area contributed by atoms with Crippen molar-refractivity contribution in [3.8, 4) is 0 Å². The number of carbonyl (C=O) groups excluding carboxylic acids is 1. The molecule has 1 aromatic carbocycles. The van der Waals surface area contributed by atoms with Gasteiger partial charge >= 0.3 is 0 Å². The maximum absolute atomic E-state index is 10.8. The van der Waals surface area contributed by atoms with Gasteiger partial charge < -0.3 is 5.73 Å². The first-order valence-corrected chi connectivity index (χ1v) is 6.02. The number of fused-ring (bicyclic) bond motifs is 1. The van der Waals surface area contributed by atoms with E-state index in [0.29, 0.717) is 5.56 Å². The van der Waals surface area contributed by atoms with Crippen molar-refractivity contribution in [3.05, 3.63) is 28.6 Å². The van der Waals surface area contributed by atoms with E-state index >= 15 is 0 Å². The topological polar surface area (TPSA) is 43.1 Å². The Hall–Kier alpha value is -0.870. The lowest BCUT2D eigenvalue weighted by atomic mass is 10.1. The number of rotatable bonds is 2. The number of benzene rings is 1. The van der Waals surface area contributed by atoms with Gasteiger partial charge in [0, 0.05) is 25.9 Å². The van der Waals surface area contributed by atoms with Crippen molar-refractivity contribution in [3.63, 3.8) is 0 Å². The van der Waals surface area contributed by atoms with Gasteiger partial charge in [0.2, 0.25) is 0 Å². The molecular formula is C10H8BrNOS. The monoisotopic (exact) mass is 269 g/mol. The number of nitrogens with two attached hydrogens (primary N) is 1. The van der Waals surface area contributed by atoms with Gasteiger partial charge in [0.05, 0.1) is 5.69 Å². The van der Waals surface area contributed by atoms with Crippen molar-refractivity contribution in [1.82, 2.24) is 0 Å². The highest BCUT2D eigenvalue weighted by atomic mass is 79.9. The molecule has 4 heteroatoms. The summed E-state index contributed by atoms with van der Waals surface area (Å²) in [6, 6.07) is 5.64. The lowest BCUT2D eigenvalue weighted by Crippen LogP contribution is -1.89. The SMILES string of the molecule is Nc1c(CBr)sc2cccc(C=O)c12. The van der Waals surface area contributed by atoms with E-state index in [2.05, 4.69) is 15.9 Å². The van der Waals surface area contributed by atoms with Gasteiger partial charge in [-0.1, -0.05) is 28.1 Å². The Morgan fingerprint density at radius 1 is 1.50 bits per heavy atom. The molecule has 0 unspecified atom stereocenters. The molecule has 2 nitrogen and oxygen atoms in total. The zero-order valence-corrected chi connectivity index (χ0v) is 9.69. The van der Waals surface area contributed by atoms with Crippen LogP contribution < -0.4 is 5.73 Å². The van der Waals surface area contributed by atoms with E-state index in [1.54, 1.807) is 17.4 Å². The summed E-state index contributed by atoms with van der Waals surface area (Å²) < 4.78 is 1.07. The maximum atomic E-state index is 10.8. The molecular weight excluding hydrogens is 262 g/mol. The van der Waals surface area contributed by atoms with Crippen LogP contribution in [-0.2, 0) is 5.33 Å². The van der Waals surface area contributed by atoms with Crippen LogP contribution in [0.3, 0.4) is 0 Å². The lowest BCUT2D eigenvalue weighted by molar-refractivity contribution is 0.112. The third-order valence-electron chi connectivity index (χ3n) is 2.11. The minimum absolute atomic E-state index is 0.670. The van der Waals surface area contributed by atoms with Gasteiger partial charge in [-0.05, 0) is 6.07 Å². The Kier molecular flexibility index (Phi) is 2.56. The molecule has 0 aliphatic rings. The van der Waals surface area contributed by atoms with Crippen LogP contribution in [0.5, 0.6) is 0 Å². The molecule has 0 aliphatic carbocycles. The summed E-state index contributed by atoms with van der Waals surface area (Å²) in [6.07, 6.45) is 0.851. The smallest absolute Gasteiger partial charge is 0.150 e. The van der Waals surface area contributed by atoms with Gasteiger partial charge in [0.15, 0.2) is 6.29 Å². The first-order valence-electron chi connectivity index (χ1n) is 4.09. The van der Waals surface area contributed by atoms with E-state index in [9.17, 15) is 4.79 Å². The van der Waals surface area contributed by atoms with E-state index < -0.39 is 0 Å². The van der Waals surface area contributed by atoms with Crippen molar-refractivity contribution in [2.45, 2.75) is 5.33 Å². The molecule has 2 aromatic rings. The van der Waals surface area contributed by atoms with Crippen LogP contribution in [0.15, 0.2) is 18.2 Å². The average Bonchev–Trinajstić information content (AvgIpc) is 2.55. The highest BCUT2D eigenvalue weighted by Gasteiger charge is 2.10. The molecule has 1 aromatic heterocycles. The molecule has 0 spiro atoms. The summed E-state index contributed by atoms with van der Waals surface area (Å²) in [5.41, 5.74) is 7.34. The van der Waals surface area contributed by atoms with E-state index in [1.807, 2.05) is 12.1 Å². The van der Waals surface area contributed by atoms with Crippen molar-refractivity contribution < 1.29 is 4.79 Å². The summed E-state index contributed by atoms with van der Waals surface area (Å²) in [6.45, 7) is 0. The van der Waals surface area contributed by atoms with Crippen LogP contribution in [-0.4, -0.2) is 6.29 Å². The van der Waals surface area contributed by atoms with E-state index in [4.69, 9.17) is 5.73 Å². The number of aldehydes is 1. The number of hydrogen-bond acceptors (Lipinski definition) is 3. The summed E-state index contributed by atoms with van der Waals surface area (Å²) in [5.74, 6) is 0. The maximum Gasteiger partial charge on any atom is 0.150 e. The standard InChI is InChI=1S/C10H8BrNOS/c11-4-8-10(12)9-6(5-13)2-1-3-7(9)14-8/h1-3,5H,4,12H2.